The Labute approximate surface area is 117 Å². The summed E-state index contributed by atoms with van der Waals surface area (Å²) in [7, 11) is 0. The molecule has 19 heavy (non-hydrogen) atoms. The maximum atomic E-state index is 12.6. The SMILES string of the molecule is CCCO/C(C)=N\Oc1ccc(Br)c(C(F)(F)F)c1. The Morgan fingerprint density at radius 2 is 2.05 bits per heavy atom. The van der Waals surface area contributed by atoms with Gasteiger partial charge in [-0.15, -0.1) is 0 Å². The highest BCUT2D eigenvalue weighted by Crippen LogP contribution is 2.36. The fourth-order valence-electron chi connectivity index (χ4n) is 1.17. The number of ether oxygens (including phenoxy) is 1. The van der Waals surface area contributed by atoms with Crippen molar-refractivity contribution in [2.24, 2.45) is 5.16 Å². The van der Waals surface area contributed by atoms with Crippen molar-refractivity contribution in [3.05, 3.63) is 28.2 Å². The highest BCUT2D eigenvalue weighted by Gasteiger charge is 2.33. The monoisotopic (exact) mass is 339 g/mol. The molecule has 0 aliphatic heterocycles. The van der Waals surface area contributed by atoms with Crippen LogP contribution in [0.25, 0.3) is 0 Å². The van der Waals surface area contributed by atoms with Crippen molar-refractivity contribution < 1.29 is 22.7 Å². The zero-order chi connectivity index (χ0) is 14.5. The molecule has 0 aliphatic rings. The van der Waals surface area contributed by atoms with Gasteiger partial charge in [0.1, 0.15) is 0 Å². The standard InChI is InChI=1S/C12H13BrF3NO2/c1-3-6-18-8(2)17-19-9-4-5-11(13)10(7-9)12(14,15)16/h4-5,7H,3,6H2,1-2H3/b17-8-. The molecule has 0 bridgehead atoms. The lowest BCUT2D eigenvalue weighted by Crippen LogP contribution is -2.06. The number of oxime groups is 1. The van der Waals surface area contributed by atoms with Crippen molar-refractivity contribution in [1.29, 1.82) is 0 Å². The highest BCUT2D eigenvalue weighted by atomic mass is 79.9. The Hall–Kier alpha value is -1.24. The molecule has 0 atom stereocenters. The van der Waals surface area contributed by atoms with Crippen LogP contribution in [0, 0.1) is 0 Å². The summed E-state index contributed by atoms with van der Waals surface area (Å²) in [5, 5.41) is 3.60. The van der Waals surface area contributed by atoms with Gasteiger partial charge in [0.05, 0.1) is 12.2 Å². The van der Waals surface area contributed by atoms with E-state index in [-0.39, 0.29) is 16.1 Å². The molecule has 7 heteroatoms. The fraction of sp³-hybridized carbons (Fsp3) is 0.417. The van der Waals surface area contributed by atoms with Gasteiger partial charge in [0.25, 0.3) is 0 Å². The fourth-order valence-corrected chi connectivity index (χ4v) is 1.64. The summed E-state index contributed by atoms with van der Waals surface area (Å²) < 4.78 is 43.0. The van der Waals surface area contributed by atoms with Crippen LogP contribution in [0.1, 0.15) is 25.8 Å². The van der Waals surface area contributed by atoms with E-state index in [0.717, 1.165) is 12.5 Å². The first-order valence-electron chi connectivity index (χ1n) is 5.55. The van der Waals surface area contributed by atoms with Crippen LogP contribution in [0.3, 0.4) is 0 Å². The predicted octanol–water partition coefficient (Wildman–Crippen LogP) is 4.61. The third-order valence-electron chi connectivity index (χ3n) is 2.04. The lowest BCUT2D eigenvalue weighted by Gasteiger charge is -2.10. The Morgan fingerprint density at radius 3 is 2.63 bits per heavy atom. The van der Waals surface area contributed by atoms with E-state index < -0.39 is 11.7 Å². The minimum absolute atomic E-state index is 0.00465. The summed E-state index contributed by atoms with van der Waals surface area (Å²) >= 11 is 2.84. The van der Waals surface area contributed by atoms with Gasteiger partial charge >= 0.3 is 6.18 Å². The van der Waals surface area contributed by atoms with E-state index in [2.05, 4.69) is 21.1 Å². The third kappa shape index (κ3) is 5.10. The van der Waals surface area contributed by atoms with Crippen LogP contribution in [0.5, 0.6) is 5.75 Å². The van der Waals surface area contributed by atoms with Gasteiger partial charge < -0.3 is 9.57 Å². The molecule has 0 aliphatic carbocycles. The quantitative estimate of drug-likeness (QED) is 0.455. The van der Waals surface area contributed by atoms with Crippen LogP contribution in [0.4, 0.5) is 13.2 Å². The molecule has 0 aromatic heterocycles. The molecule has 0 N–H and O–H groups in total. The Bertz CT molecular complexity index is 461. The number of hydrogen-bond acceptors (Lipinski definition) is 3. The summed E-state index contributed by atoms with van der Waals surface area (Å²) in [6.07, 6.45) is -3.64. The van der Waals surface area contributed by atoms with E-state index >= 15 is 0 Å². The molecule has 1 aromatic rings. The lowest BCUT2D eigenvalue weighted by molar-refractivity contribution is -0.138. The minimum atomic E-state index is -4.45. The van der Waals surface area contributed by atoms with Gasteiger partial charge in [-0.2, -0.15) is 13.2 Å². The van der Waals surface area contributed by atoms with E-state index in [4.69, 9.17) is 9.57 Å². The van der Waals surface area contributed by atoms with E-state index in [9.17, 15) is 13.2 Å². The molecule has 0 fully saturated rings. The van der Waals surface area contributed by atoms with Gasteiger partial charge in [-0.05, 0) is 29.8 Å². The molecule has 0 spiro atoms. The molecule has 0 amide bonds. The van der Waals surface area contributed by atoms with Crippen LogP contribution >= 0.6 is 15.9 Å². The second-order valence-electron chi connectivity index (χ2n) is 3.69. The predicted molar refractivity (Wildman–Crippen MR) is 69.1 cm³/mol. The highest BCUT2D eigenvalue weighted by molar-refractivity contribution is 9.10. The summed E-state index contributed by atoms with van der Waals surface area (Å²) in [6.45, 7) is 3.98. The summed E-state index contributed by atoms with van der Waals surface area (Å²) in [4.78, 5) is 4.90. The number of hydrogen-bond donors (Lipinski definition) is 0. The van der Waals surface area contributed by atoms with Crippen LogP contribution in [0.2, 0.25) is 0 Å². The second-order valence-corrected chi connectivity index (χ2v) is 4.54. The number of rotatable bonds is 4. The number of benzene rings is 1. The second kappa shape index (κ2) is 6.79. The normalized spacial score (nSPS) is 12.4. The molecule has 0 saturated heterocycles. The first-order chi connectivity index (χ1) is 8.84. The third-order valence-corrected chi connectivity index (χ3v) is 2.73. The van der Waals surface area contributed by atoms with Crippen molar-refractivity contribution in [2.45, 2.75) is 26.4 Å². The molecule has 1 rings (SSSR count). The van der Waals surface area contributed by atoms with Crippen LogP contribution in [0.15, 0.2) is 27.8 Å². The van der Waals surface area contributed by atoms with Crippen molar-refractivity contribution in [1.82, 2.24) is 0 Å². The smallest absolute Gasteiger partial charge is 0.417 e. The Kier molecular flexibility index (Phi) is 5.65. The van der Waals surface area contributed by atoms with Crippen molar-refractivity contribution >= 4 is 21.8 Å². The molecule has 1 aromatic carbocycles. The largest absolute Gasteiger partial charge is 0.479 e. The molecular weight excluding hydrogens is 327 g/mol. The van der Waals surface area contributed by atoms with E-state index in [1.807, 2.05) is 6.92 Å². The van der Waals surface area contributed by atoms with Crippen LogP contribution in [-0.2, 0) is 10.9 Å². The average molecular weight is 340 g/mol. The van der Waals surface area contributed by atoms with Crippen LogP contribution in [-0.4, -0.2) is 12.5 Å². The average Bonchev–Trinajstić information content (AvgIpc) is 2.34. The van der Waals surface area contributed by atoms with Gasteiger partial charge in [-0.3, -0.25) is 0 Å². The molecule has 0 radical (unpaired) electrons. The molecule has 3 nitrogen and oxygen atoms in total. The Morgan fingerprint density at radius 1 is 1.37 bits per heavy atom. The lowest BCUT2D eigenvalue weighted by atomic mass is 10.2. The maximum Gasteiger partial charge on any atom is 0.417 e. The Balaban J connectivity index is 2.81. The van der Waals surface area contributed by atoms with Gasteiger partial charge in [0.2, 0.25) is 5.90 Å². The van der Waals surface area contributed by atoms with Crippen molar-refractivity contribution in [3.8, 4) is 5.75 Å². The first-order valence-corrected chi connectivity index (χ1v) is 6.35. The molecule has 0 heterocycles. The van der Waals surface area contributed by atoms with E-state index in [1.54, 1.807) is 6.92 Å². The molecular formula is C12H13BrF3NO2. The van der Waals surface area contributed by atoms with E-state index in [0.29, 0.717) is 6.61 Å². The van der Waals surface area contributed by atoms with Crippen molar-refractivity contribution in [2.75, 3.05) is 6.61 Å². The topological polar surface area (TPSA) is 30.8 Å². The summed E-state index contributed by atoms with van der Waals surface area (Å²) in [5.74, 6) is 0.258. The van der Waals surface area contributed by atoms with Crippen molar-refractivity contribution in [3.63, 3.8) is 0 Å². The van der Waals surface area contributed by atoms with Gasteiger partial charge in [0.15, 0.2) is 5.75 Å². The van der Waals surface area contributed by atoms with Crippen LogP contribution < -0.4 is 4.84 Å². The van der Waals surface area contributed by atoms with Gasteiger partial charge in [0, 0.05) is 11.4 Å². The molecule has 0 unspecified atom stereocenters. The van der Waals surface area contributed by atoms with Gasteiger partial charge in [-0.1, -0.05) is 22.9 Å². The number of nitrogens with zero attached hydrogens (tertiary/aromatic N) is 1. The van der Waals surface area contributed by atoms with E-state index in [1.165, 1.54) is 12.1 Å². The zero-order valence-corrected chi connectivity index (χ0v) is 12.0. The number of halogens is 4. The molecule has 106 valence electrons. The maximum absolute atomic E-state index is 12.6. The first kappa shape index (κ1) is 15.8. The summed E-state index contributed by atoms with van der Waals surface area (Å²) in [6, 6.07) is 3.52. The van der Waals surface area contributed by atoms with Gasteiger partial charge in [-0.25, -0.2) is 0 Å². The number of alkyl halides is 3. The molecule has 0 saturated carbocycles. The minimum Gasteiger partial charge on any atom is -0.479 e. The summed E-state index contributed by atoms with van der Waals surface area (Å²) in [5.41, 5.74) is -0.813. The zero-order valence-electron chi connectivity index (χ0n) is 10.4.